The van der Waals surface area contributed by atoms with E-state index in [-0.39, 0.29) is 17.0 Å². The predicted octanol–water partition coefficient (Wildman–Crippen LogP) is 3.72. The number of hydrogen-bond donors (Lipinski definition) is 2. The van der Waals surface area contributed by atoms with Crippen LogP contribution in [0.5, 0.6) is 0 Å². The molecule has 0 saturated heterocycles. The highest BCUT2D eigenvalue weighted by Crippen LogP contribution is 2.21. The minimum atomic E-state index is -1.21. The van der Waals surface area contributed by atoms with E-state index in [4.69, 9.17) is 0 Å². The van der Waals surface area contributed by atoms with Crippen LogP contribution >= 0.6 is 0 Å². The average Bonchev–Trinajstić information content (AvgIpc) is 2.69. The van der Waals surface area contributed by atoms with Gasteiger partial charge in [-0.25, -0.2) is 4.79 Å². The van der Waals surface area contributed by atoms with E-state index in [1.807, 2.05) is 13.8 Å². The van der Waals surface area contributed by atoms with Gasteiger partial charge < -0.3 is 15.0 Å². The molecule has 2 N–H and O–H groups in total. The van der Waals surface area contributed by atoms with Crippen molar-refractivity contribution >= 4 is 11.9 Å². The first kappa shape index (κ1) is 21.8. The number of benzene rings is 1. The van der Waals surface area contributed by atoms with Crippen molar-refractivity contribution in [2.45, 2.75) is 65.0 Å². The van der Waals surface area contributed by atoms with Gasteiger partial charge in [0.1, 0.15) is 5.56 Å². The van der Waals surface area contributed by atoms with Gasteiger partial charge >= 0.3 is 5.97 Å². The van der Waals surface area contributed by atoms with E-state index in [1.54, 1.807) is 41.0 Å². The summed E-state index contributed by atoms with van der Waals surface area (Å²) in [5, 5.41) is 12.2. The first-order valence-electron chi connectivity index (χ1n) is 10.7. The molecule has 1 aromatic heterocycles. The normalized spacial score (nSPS) is 15.0. The molecule has 2 aromatic rings. The molecule has 0 fully saturated rings. The van der Waals surface area contributed by atoms with E-state index in [0.717, 1.165) is 49.8 Å². The molecule has 1 amide bonds. The summed E-state index contributed by atoms with van der Waals surface area (Å²) in [6, 6.07) is 9.01. The minimum absolute atomic E-state index is 0.0251. The third-order valence-electron chi connectivity index (χ3n) is 5.55. The first-order valence-corrected chi connectivity index (χ1v) is 10.7. The summed E-state index contributed by atoms with van der Waals surface area (Å²) in [4.78, 5) is 38.1. The second kappa shape index (κ2) is 9.74. The van der Waals surface area contributed by atoms with Crippen LogP contribution in [-0.4, -0.2) is 21.6 Å². The van der Waals surface area contributed by atoms with E-state index in [0.29, 0.717) is 12.1 Å². The smallest absolute Gasteiger partial charge is 0.330 e. The second-order valence-electron chi connectivity index (χ2n) is 8.41. The molecule has 30 heavy (non-hydrogen) atoms. The Kier molecular flexibility index (Phi) is 7.08. The first-order chi connectivity index (χ1) is 14.4. The number of pyridine rings is 1. The molecule has 0 radical (unpaired) electrons. The third kappa shape index (κ3) is 4.99. The highest BCUT2D eigenvalue weighted by molar-refractivity contribution is 5.96. The molecular formula is C24H30N2O4. The van der Waals surface area contributed by atoms with Crippen LogP contribution in [0.4, 0.5) is 0 Å². The lowest BCUT2D eigenvalue weighted by molar-refractivity contribution is -0.139. The Morgan fingerprint density at radius 3 is 2.37 bits per heavy atom. The van der Waals surface area contributed by atoms with Gasteiger partial charge in [-0.2, -0.15) is 0 Å². The van der Waals surface area contributed by atoms with E-state index in [2.05, 4.69) is 5.32 Å². The average molecular weight is 411 g/mol. The van der Waals surface area contributed by atoms with Gasteiger partial charge in [-0.15, -0.1) is 0 Å². The fourth-order valence-electron chi connectivity index (χ4n) is 4.10. The number of carboxylic acids is 1. The molecule has 0 spiro atoms. The molecule has 1 aromatic carbocycles. The fraction of sp³-hybridized carbons (Fsp3) is 0.458. The SMILES string of the molecule is CC(C)Cn1c2c(cc(C(=O)N[C@@H](C(=O)O)c3ccccc3)c1=O)CCCCCC2. The maximum Gasteiger partial charge on any atom is 0.330 e. The van der Waals surface area contributed by atoms with Crippen LogP contribution in [0.2, 0.25) is 0 Å². The van der Waals surface area contributed by atoms with Crippen molar-refractivity contribution in [1.29, 1.82) is 0 Å². The number of rotatable bonds is 6. The van der Waals surface area contributed by atoms with Gasteiger partial charge in [0.2, 0.25) is 0 Å². The monoisotopic (exact) mass is 410 g/mol. The number of amides is 1. The number of aliphatic carboxylic acids is 1. The standard InChI is InChI=1S/C24H30N2O4/c1-16(2)15-26-20-13-9-4-3-6-12-18(20)14-19(23(26)28)22(27)25-21(24(29)30)17-10-7-5-8-11-17/h5,7-8,10-11,14,16,21H,3-4,6,9,12-13,15H2,1-2H3,(H,25,27)(H,29,30)/t21-/m1/s1. The van der Waals surface area contributed by atoms with Crippen LogP contribution < -0.4 is 10.9 Å². The number of fused-ring (bicyclic) bond motifs is 1. The molecule has 1 aliphatic carbocycles. The Balaban J connectivity index is 2.01. The van der Waals surface area contributed by atoms with Gasteiger partial charge in [-0.3, -0.25) is 9.59 Å². The number of carbonyl (C=O) groups excluding carboxylic acids is 1. The largest absolute Gasteiger partial charge is 0.479 e. The van der Waals surface area contributed by atoms with Crippen molar-refractivity contribution < 1.29 is 14.7 Å². The number of carboxylic acid groups (broad SMARTS) is 1. The van der Waals surface area contributed by atoms with Crippen molar-refractivity contribution in [3.05, 3.63) is 69.1 Å². The number of nitrogens with one attached hydrogen (secondary N) is 1. The second-order valence-corrected chi connectivity index (χ2v) is 8.41. The maximum atomic E-state index is 13.3. The quantitative estimate of drug-likeness (QED) is 0.760. The predicted molar refractivity (Wildman–Crippen MR) is 116 cm³/mol. The molecular weight excluding hydrogens is 380 g/mol. The number of nitrogens with zero attached hydrogens (tertiary/aromatic N) is 1. The number of aromatic nitrogens is 1. The van der Waals surface area contributed by atoms with Crippen LogP contribution in [0.3, 0.4) is 0 Å². The Labute approximate surface area is 176 Å². The van der Waals surface area contributed by atoms with Crippen LogP contribution in [0.1, 0.15) is 72.8 Å². The highest BCUT2D eigenvalue weighted by atomic mass is 16.4. The number of aryl methyl sites for hydroxylation is 1. The molecule has 6 heteroatoms. The summed E-state index contributed by atoms with van der Waals surface area (Å²) in [5.41, 5.74) is 2.22. The van der Waals surface area contributed by atoms with Crippen molar-refractivity contribution in [2.75, 3.05) is 0 Å². The zero-order valence-corrected chi connectivity index (χ0v) is 17.7. The summed E-state index contributed by atoms with van der Waals surface area (Å²) >= 11 is 0. The zero-order chi connectivity index (χ0) is 21.7. The Hall–Kier alpha value is -2.89. The molecule has 1 heterocycles. The molecule has 0 unspecified atom stereocenters. The lowest BCUT2D eigenvalue weighted by atomic mass is 9.95. The van der Waals surface area contributed by atoms with E-state index in [1.165, 1.54) is 0 Å². The van der Waals surface area contributed by atoms with Crippen molar-refractivity contribution in [2.24, 2.45) is 5.92 Å². The Morgan fingerprint density at radius 2 is 1.73 bits per heavy atom. The lowest BCUT2D eigenvalue weighted by Crippen LogP contribution is -2.39. The molecule has 160 valence electrons. The minimum Gasteiger partial charge on any atom is -0.479 e. The Bertz CT molecular complexity index is 963. The zero-order valence-electron chi connectivity index (χ0n) is 17.7. The summed E-state index contributed by atoms with van der Waals surface area (Å²) < 4.78 is 1.75. The molecule has 0 saturated carbocycles. The van der Waals surface area contributed by atoms with E-state index >= 15 is 0 Å². The van der Waals surface area contributed by atoms with E-state index < -0.39 is 17.9 Å². The van der Waals surface area contributed by atoms with Crippen LogP contribution in [0.15, 0.2) is 41.2 Å². The number of hydrogen-bond acceptors (Lipinski definition) is 3. The van der Waals surface area contributed by atoms with E-state index in [9.17, 15) is 19.5 Å². The Morgan fingerprint density at radius 1 is 1.07 bits per heavy atom. The van der Waals surface area contributed by atoms with Gasteiger partial charge in [0.15, 0.2) is 6.04 Å². The summed E-state index contributed by atoms with van der Waals surface area (Å²) in [5.74, 6) is -1.55. The fourth-order valence-corrected chi connectivity index (χ4v) is 4.10. The topological polar surface area (TPSA) is 88.4 Å². The highest BCUT2D eigenvalue weighted by Gasteiger charge is 2.26. The maximum absolute atomic E-state index is 13.3. The van der Waals surface area contributed by atoms with Gasteiger partial charge in [0, 0.05) is 12.2 Å². The lowest BCUT2D eigenvalue weighted by Gasteiger charge is -2.22. The van der Waals surface area contributed by atoms with Crippen LogP contribution in [0, 0.1) is 5.92 Å². The van der Waals surface area contributed by atoms with Crippen molar-refractivity contribution in [3.8, 4) is 0 Å². The summed E-state index contributed by atoms with van der Waals surface area (Å²) in [6.45, 7) is 4.64. The van der Waals surface area contributed by atoms with Crippen molar-refractivity contribution in [3.63, 3.8) is 0 Å². The van der Waals surface area contributed by atoms with Gasteiger partial charge in [0.05, 0.1) is 0 Å². The molecule has 6 nitrogen and oxygen atoms in total. The summed E-state index contributed by atoms with van der Waals surface area (Å²) in [7, 11) is 0. The molecule has 0 bridgehead atoms. The van der Waals surface area contributed by atoms with Crippen LogP contribution in [-0.2, 0) is 24.2 Å². The van der Waals surface area contributed by atoms with Crippen molar-refractivity contribution in [1.82, 2.24) is 9.88 Å². The van der Waals surface area contributed by atoms with Gasteiger partial charge in [-0.05, 0) is 48.8 Å². The summed E-state index contributed by atoms with van der Waals surface area (Å²) in [6.07, 6.45) is 6.01. The molecule has 1 atom stereocenters. The van der Waals surface area contributed by atoms with Gasteiger partial charge in [0.25, 0.3) is 11.5 Å². The van der Waals surface area contributed by atoms with Crippen LogP contribution in [0.25, 0.3) is 0 Å². The molecule has 0 aliphatic heterocycles. The van der Waals surface area contributed by atoms with Gasteiger partial charge in [-0.1, -0.05) is 57.0 Å². The number of carbonyl (C=O) groups is 2. The molecule has 1 aliphatic rings. The molecule has 3 rings (SSSR count). The third-order valence-corrected chi connectivity index (χ3v) is 5.55.